The average molecular weight is 427 g/mol. The molecule has 0 saturated heterocycles. The fraction of sp³-hybridized carbons (Fsp3) is 0.161. The SMILES string of the molecule is CCC(CC)(c1c2ccccc2nc2ccccc12)c1c2ccccc2nc2ccccc12. The maximum absolute atomic E-state index is 5.03. The molecule has 0 bridgehead atoms. The number of para-hydroxylation sites is 4. The predicted molar refractivity (Wildman–Crippen MR) is 140 cm³/mol. The zero-order valence-corrected chi connectivity index (χ0v) is 19.0. The topological polar surface area (TPSA) is 25.8 Å². The number of nitrogens with zero attached hydrogens (tertiary/aromatic N) is 2. The number of hydrogen-bond donors (Lipinski definition) is 0. The number of rotatable bonds is 4. The van der Waals surface area contributed by atoms with Crippen LogP contribution in [0.1, 0.15) is 37.8 Å². The minimum atomic E-state index is -0.190. The van der Waals surface area contributed by atoms with Gasteiger partial charge >= 0.3 is 0 Å². The quantitative estimate of drug-likeness (QED) is 0.266. The van der Waals surface area contributed by atoms with Crippen molar-refractivity contribution in [2.75, 3.05) is 0 Å². The third kappa shape index (κ3) is 2.87. The van der Waals surface area contributed by atoms with Gasteiger partial charge in [0.15, 0.2) is 0 Å². The van der Waals surface area contributed by atoms with Gasteiger partial charge in [-0.1, -0.05) is 86.6 Å². The first-order valence-electron chi connectivity index (χ1n) is 11.8. The minimum Gasteiger partial charge on any atom is -0.248 e. The summed E-state index contributed by atoms with van der Waals surface area (Å²) in [6, 6.07) is 34.5. The summed E-state index contributed by atoms with van der Waals surface area (Å²) < 4.78 is 0. The van der Waals surface area contributed by atoms with Crippen LogP contribution in [-0.2, 0) is 5.41 Å². The van der Waals surface area contributed by atoms with E-state index in [0.29, 0.717) is 0 Å². The second kappa shape index (κ2) is 7.67. The lowest BCUT2D eigenvalue weighted by Gasteiger charge is -2.37. The molecule has 0 unspecified atom stereocenters. The number of pyridine rings is 2. The summed E-state index contributed by atoms with van der Waals surface area (Å²) in [5.74, 6) is 0. The van der Waals surface area contributed by atoms with Crippen molar-refractivity contribution in [2.24, 2.45) is 0 Å². The third-order valence-electron chi connectivity index (χ3n) is 7.34. The van der Waals surface area contributed by atoms with Crippen LogP contribution in [0.25, 0.3) is 43.6 Å². The van der Waals surface area contributed by atoms with E-state index >= 15 is 0 Å². The third-order valence-corrected chi connectivity index (χ3v) is 7.34. The summed E-state index contributed by atoms with van der Waals surface area (Å²) in [5, 5.41) is 4.96. The van der Waals surface area contributed by atoms with Crippen molar-refractivity contribution < 1.29 is 0 Å². The van der Waals surface area contributed by atoms with Gasteiger partial charge < -0.3 is 0 Å². The lowest BCUT2D eigenvalue weighted by atomic mass is 9.66. The van der Waals surface area contributed by atoms with Gasteiger partial charge in [0, 0.05) is 27.0 Å². The predicted octanol–water partition coefficient (Wildman–Crippen LogP) is 8.20. The Bertz CT molecular complexity index is 1410. The molecule has 0 saturated carbocycles. The van der Waals surface area contributed by atoms with Crippen LogP contribution in [0.5, 0.6) is 0 Å². The van der Waals surface area contributed by atoms with E-state index in [1.807, 2.05) is 0 Å². The van der Waals surface area contributed by atoms with Crippen LogP contribution in [0.15, 0.2) is 97.1 Å². The van der Waals surface area contributed by atoms with E-state index in [9.17, 15) is 0 Å². The molecule has 0 aliphatic carbocycles. The summed E-state index contributed by atoms with van der Waals surface area (Å²) in [6.07, 6.45) is 1.97. The summed E-state index contributed by atoms with van der Waals surface area (Å²) in [5.41, 5.74) is 6.80. The standard InChI is InChI=1S/C31H26N2/c1-3-31(4-2,29-21-13-5-9-17-25(21)32-26-18-10-6-14-22(26)29)30-23-15-7-11-19-27(23)33-28-20-12-8-16-24(28)30/h5-20H,3-4H2,1-2H3. The Balaban J connectivity index is 1.88. The maximum Gasteiger partial charge on any atom is 0.0712 e. The van der Waals surface area contributed by atoms with E-state index in [0.717, 1.165) is 34.9 Å². The molecule has 4 aromatic carbocycles. The zero-order chi connectivity index (χ0) is 22.4. The molecular weight excluding hydrogens is 400 g/mol. The van der Waals surface area contributed by atoms with Crippen LogP contribution in [0.2, 0.25) is 0 Å². The molecule has 0 aliphatic heterocycles. The van der Waals surface area contributed by atoms with E-state index < -0.39 is 0 Å². The maximum atomic E-state index is 5.03. The second-order valence-corrected chi connectivity index (χ2v) is 8.83. The van der Waals surface area contributed by atoms with E-state index in [1.165, 1.54) is 32.7 Å². The molecule has 0 N–H and O–H groups in total. The molecule has 33 heavy (non-hydrogen) atoms. The summed E-state index contributed by atoms with van der Waals surface area (Å²) in [6.45, 7) is 4.66. The van der Waals surface area contributed by atoms with Crippen LogP contribution in [0.4, 0.5) is 0 Å². The van der Waals surface area contributed by atoms with E-state index in [-0.39, 0.29) is 5.41 Å². The lowest BCUT2D eigenvalue weighted by Crippen LogP contribution is -2.28. The summed E-state index contributed by atoms with van der Waals surface area (Å²) in [4.78, 5) is 10.1. The molecule has 0 amide bonds. The molecule has 0 aliphatic rings. The zero-order valence-electron chi connectivity index (χ0n) is 19.0. The second-order valence-electron chi connectivity index (χ2n) is 8.83. The summed E-state index contributed by atoms with van der Waals surface area (Å²) >= 11 is 0. The average Bonchev–Trinajstić information content (AvgIpc) is 2.88. The Labute approximate surface area is 193 Å². The van der Waals surface area contributed by atoms with Crippen molar-refractivity contribution in [2.45, 2.75) is 32.1 Å². The Morgan fingerprint density at radius 3 is 1.00 bits per heavy atom. The molecule has 6 rings (SSSR count). The number of aromatic nitrogens is 2. The molecular formula is C31H26N2. The van der Waals surface area contributed by atoms with Crippen LogP contribution < -0.4 is 0 Å². The highest BCUT2D eigenvalue weighted by Gasteiger charge is 2.37. The lowest BCUT2D eigenvalue weighted by molar-refractivity contribution is 0.493. The van der Waals surface area contributed by atoms with Crippen LogP contribution in [-0.4, -0.2) is 9.97 Å². The molecule has 2 heterocycles. The number of benzene rings is 4. The van der Waals surface area contributed by atoms with Crippen molar-refractivity contribution in [1.29, 1.82) is 0 Å². The normalized spacial score (nSPS) is 12.2. The van der Waals surface area contributed by atoms with Crippen LogP contribution in [0, 0.1) is 0 Å². The first-order chi connectivity index (χ1) is 16.3. The summed E-state index contributed by atoms with van der Waals surface area (Å²) in [7, 11) is 0. The highest BCUT2D eigenvalue weighted by atomic mass is 14.7. The molecule has 160 valence electrons. The monoisotopic (exact) mass is 426 g/mol. The first kappa shape index (κ1) is 19.9. The molecule has 2 aromatic heterocycles. The van der Waals surface area contributed by atoms with Gasteiger partial charge in [-0.05, 0) is 48.2 Å². The van der Waals surface area contributed by atoms with Gasteiger partial charge in [-0.2, -0.15) is 0 Å². The van der Waals surface area contributed by atoms with E-state index in [2.05, 4.69) is 111 Å². The number of fused-ring (bicyclic) bond motifs is 4. The Hall–Kier alpha value is -3.78. The molecule has 0 radical (unpaired) electrons. The largest absolute Gasteiger partial charge is 0.248 e. The van der Waals surface area contributed by atoms with E-state index in [4.69, 9.17) is 9.97 Å². The highest BCUT2D eigenvalue weighted by Crippen LogP contribution is 2.49. The van der Waals surface area contributed by atoms with Crippen LogP contribution >= 0.6 is 0 Å². The van der Waals surface area contributed by atoms with Crippen molar-refractivity contribution in [3.63, 3.8) is 0 Å². The van der Waals surface area contributed by atoms with Gasteiger partial charge in [0.1, 0.15) is 0 Å². The van der Waals surface area contributed by atoms with Gasteiger partial charge in [0.25, 0.3) is 0 Å². The Kier molecular flexibility index (Phi) is 4.62. The Morgan fingerprint density at radius 2 is 0.727 bits per heavy atom. The van der Waals surface area contributed by atoms with Gasteiger partial charge in [-0.3, -0.25) is 0 Å². The fourth-order valence-corrected chi connectivity index (χ4v) is 5.79. The highest BCUT2D eigenvalue weighted by molar-refractivity contribution is 6.04. The van der Waals surface area contributed by atoms with Crippen molar-refractivity contribution in [3.05, 3.63) is 108 Å². The van der Waals surface area contributed by atoms with E-state index in [1.54, 1.807) is 0 Å². The molecule has 2 nitrogen and oxygen atoms in total. The van der Waals surface area contributed by atoms with Crippen molar-refractivity contribution >= 4 is 43.6 Å². The van der Waals surface area contributed by atoms with Gasteiger partial charge in [-0.15, -0.1) is 0 Å². The molecule has 0 atom stereocenters. The van der Waals surface area contributed by atoms with Gasteiger partial charge in [0.2, 0.25) is 0 Å². The fourth-order valence-electron chi connectivity index (χ4n) is 5.79. The molecule has 6 aromatic rings. The van der Waals surface area contributed by atoms with Crippen molar-refractivity contribution in [3.8, 4) is 0 Å². The Morgan fingerprint density at radius 1 is 0.455 bits per heavy atom. The smallest absolute Gasteiger partial charge is 0.0712 e. The molecule has 2 heteroatoms. The minimum absolute atomic E-state index is 0.190. The number of hydrogen-bond acceptors (Lipinski definition) is 2. The van der Waals surface area contributed by atoms with Gasteiger partial charge in [-0.25, -0.2) is 9.97 Å². The van der Waals surface area contributed by atoms with Crippen molar-refractivity contribution in [1.82, 2.24) is 9.97 Å². The molecule has 0 spiro atoms. The first-order valence-corrected chi connectivity index (χ1v) is 11.8. The van der Waals surface area contributed by atoms with Gasteiger partial charge in [0.05, 0.1) is 22.1 Å². The van der Waals surface area contributed by atoms with Crippen LogP contribution in [0.3, 0.4) is 0 Å². The molecule has 0 fully saturated rings.